The lowest BCUT2D eigenvalue weighted by Gasteiger charge is -2.13. The molecular formula is C13H14ClNO5S. The molecule has 0 bridgehead atoms. The number of amides is 1. The maximum atomic E-state index is 12.3. The summed E-state index contributed by atoms with van der Waals surface area (Å²) in [5.41, 5.74) is -0.209. The van der Waals surface area contributed by atoms with Crippen molar-refractivity contribution in [1.82, 2.24) is 5.32 Å². The van der Waals surface area contributed by atoms with Crippen molar-refractivity contribution in [3.05, 3.63) is 41.4 Å². The summed E-state index contributed by atoms with van der Waals surface area (Å²) in [6.45, 7) is 4.81. The fourth-order valence-electron chi connectivity index (χ4n) is 1.51. The van der Waals surface area contributed by atoms with Crippen LogP contribution >= 0.6 is 11.6 Å². The van der Waals surface area contributed by atoms with Gasteiger partial charge in [-0.1, -0.05) is 17.7 Å². The van der Waals surface area contributed by atoms with E-state index >= 15 is 0 Å². The first kappa shape index (κ1) is 17.2. The van der Waals surface area contributed by atoms with Crippen LogP contribution in [0.1, 0.15) is 17.3 Å². The Morgan fingerprint density at radius 2 is 2.10 bits per heavy atom. The van der Waals surface area contributed by atoms with E-state index < -0.39 is 27.0 Å². The van der Waals surface area contributed by atoms with Crippen molar-refractivity contribution in [3.8, 4) is 0 Å². The second-order valence-electron chi connectivity index (χ2n) is 4.17. The summed E-state index contributed by atoms with van der Waals surface area (Å²) < 4.78 is 24.6. The lowest BCUT2D eigenvalue weighted by molar-refractivity contribution is -0.120. The summed E-state index contributed by atoms with van der Waals surface area (Å²) >= 11 is 5.74. The van der Waals surface area contributed by atoms with Gasteiger partial charge in [-0.2, -0.15) is 0 Å². The summed E-state index contributed by atoms with van der Waals surface area (Å²) in [6, 6.07) is 3.23. The molecule has 8 heteroatoms. The van der Waals surface area contributed by atoms with Crippen LogP contribution in [-0.2, 0) is 14.6 Å². The average Bonchev–Trinajstić information content (AvgIpc) is 2.43. The Morgan fingerprint density at radius 3 is 2.57 bits per heavy atom. The molecule has 0 aliphatic rings. The molecule has 0 aliphatic heterocycles. The summed E-state index contributed by atoms with van der Waals surface area (Å²) in [7, 11) is -3.96. The van der Waals surface area contributed by atoms with Gasteiger partial charge in [-0.15, -0.1) is 6.58 Å². The summed E-state index contributed by atoms with van der Waals surface area (Å²) in [4.78, 5) is 22.3. The van der Waals surface area contributed by atoms with Gasteiger partial charge in [0.1, 0.15) is 5.25 Å². The first-order valence-corrected chi connectivity index (χ1v) is 7.79. The highest BCUT2D eigenvalue weighted by Crippen LogP contribution is 2.23. The number of halogens is 1. The molecule has 0 aromatic heterocycles. The highest BCUT2D eigenvalue weighted by atomic mass is 35.5. The predicted octanol–water partition coefficient (Wildman–Crippen LogP) is 1.50. The SMILES string of the molecule is C=CCNC(=O)C(C)S(=O)(=O)c1ccc(C(=O)O)c(Cl)c1. The van der Waals surface area contributed by atoms with E-state index in [-0.39, 0.29) is 22.0 Å². The third-order valence-electron chi connectivity index (χ3n) is 2.75. The van der Waals surface area contributed by atoms with Crippen molar-refractivity contribution in [1.29, 1.82) is 0 Å². The van der Waals surface area contributed by atoms with Crippen LogP contribution in [0.5, 0.6) is 0 Å². The van der Waals surface area contributed by atoms with Gasteiger partial charge in [0.05, 0.1) is 15.5 Å². The first-order valence-electron chi connectivity index (χ1n) is 5.87. The minimum absolute atomic E-state index is 0.150. The van der Waals surface area contributed by atoms with Gasteiger partial charge in [0.25, 0.3) is 0 Å². The van der Waals surface area contributed by atoms with Crippen LogP contribution in [0.2, 0.25) is 5.02 Å². The molecule has 0 aliphatic carbocycles. The minimum Gasteiger partial charge on any atom is -0.478 e. The maximum absolute atomic E-state index is 12.3. The van der Waals surface area contributed by atoms with Gasteiger partial charge in [0.15, 0.2) is 9.84 Å². The molecule has 0 fully saturated rings. The summed E-state index contributed by atoms with van der Waals surface area (Å²) in [5, 5.41) is 9.70. The van der Waals surface area contributed by atoms with Gasteiger partial charge in [-0.05, 0) is 25.1 Å². The molecule has 21 heavy (non-hydrogen) atoms. The molecule has 1 atom stereocenters. The van der Waals surface area contributed by atoms with Crippen molar-refractivity contribution in [3.63, 3.8) is 0 Å². The molecule has 2 N–H and O–H groups in total. The lowest BCUT2D eigenvalue weighted by Crippen LogP contribution is -2.37. The van der Waals surface area contributed by atoms with E-state index in [4.69, 9.17) is 16.7 Å². The molecule has 1 aromatic rings. The topological polar surface area (TPSA) is 101 Å². The van der Waals surface area contributed by atoms with Crippen LogP contribution in [0.3, 0.4) is 0 Å². The number of rotatable bonds is 6. The number of carboxylic acid groups (broad SMARTS) is 1. The van der Waals surface area contributed by atoms with Gasteiger partial charge < -0.3 is 10.4 Å². The molecule has 6 nitrogen and oxygen atoms in total. The Bertz CT molecular complexity index is 684. The van der Waals surface area contributed by atoms with E-state index in [1.54, 1.807) is 0 Å². The number of carboxylic acids is 1. The maximum Gasteiger partial charge on any atom is 0.337 e. The van der Waals surface area contributed by atoms with Crippen LogP contribution < -0.4 is 5.32 Å². The Kier molecular flexibility index (Phi) is 5.51. The quantitative estimate of drug-likeness (QED) is 0.769. The van der Waals surface area contributed by atoms with Crippen LogP contribution in [-0.4, -0.2) is 37.2 Å². The fraction of sp³-hybridized carbons (Fsp3) is 0.231. The standard InChI is InChI=1S/C13H14ClNO5S/c1-3-6-15-12(16)8(2)21(19,20)9-4-5-10(13(17)18)11(14)7-9/h3-5,7-8H,1,6H2,2H3,(H,15,16)(H,17,18). The molecule has 1 unspecified atom stereocenters. The third kappa shape index (κ3) is 3.83. The van der Waals surface area contributed by atoms with E-state index in [1.165, 1.54) is 13.0 Å². The highest BCUT2D eigenvalue weighted by Gasteiger charge is 2.30. The molecule has 0 saturated carbocycles. The van der Waals surface area contributed by atoms with Crippen LogP contribution in [0.25, 0.3) is 0 Å². The zero-order chi connectivity index (χ0) is 16.2. The Balaban J connectivity index is 3.13. The van der Waals surface area contributed by atoms with Crippen LogP contribution in [0, 0.1) is 0 Å². The van der Waals surface area contributed by atoms with Crippen molar-refractivity contribution < 1.29 is 23.1 Å². The Morgan fingerprint density at radius 1 is 1.48 bits per heavy atom. The van der Waals surface area contributed by atoms with Crippen LogP contribution in [0.15, 0.2) is 35.7 Å². The number of carbonyl (C=O) groups is 2. The largest absolute Gasteiger partial charge is 0.478 e. The van der Waals surface area contributed by atoms with Gasteiger partial charge >= 0.3 is 5.97 Å². The fourth-order valence-corrected chi connectivity index (χ4v) is 3.15. The molecule has 0 spiro atoms. The molecule has 0 radical (unpaired) electrons. The number of hydrogen-bond donors (Lipinski definition) is 2. The van der Waals surface area contributed by atoms with E-state index in [9.17, 15) is 18.0 Å². The smallest absolute Gasteiger partial charge is 0.337 e. The zero-order valence-electron chi connectivity index (χ0n) is 11.2. The predicted molar refractivity (Wildman–Crippen MR) is 78.3 cm³/mol. The van der Waals surface area contributed by atoms with Gasteiger partial charge in [-0.25, -0.2) is 13.2 Å². The summed E-state index contributed by atoms with van der Waals surface area (Å²) in [6.07, 6.45) is 1.43. The molecule has 1 amide bonds. The van der Waals surface area contributed by atoms with Crippen LogP contribution in [0.4, 0.5) is 0 Å². The average molecular weight is 332 g/mol. The van der Waals surface area contributed by atoms with E-state index in [1.807, 2.05) is 0 Å². The second-order valence-corrected chi connectivity index (χ2v) is 6.84. The third-order valence-corrected chi connectivity index (χ3v) is 5.12. The number of sulfone groups is 1. The number of aromatic carboxylic acids is 1. The van der Waals surface area contributed by atoms with Gasteiger partial charge in [0.2, 0.25) is 5.91 Å². The first-order chi connectivity index (χ1) is 9.71. The molecule has 1 rings (SSSR count). The Labute approximate surface area is 127 Å². The van der Waals surface area contributed by atoms with Gasteiger partial charge in [0, 0.05) is 6.54 Å². The number of carbonyl (C=O) groups excluding carboxylic acids is 1. The molecule has 1 aromatic carbocycles. The second kappa shape index (κ2) is 6.73. The molecule has 0 heterocycles. The molecule has 0 saturated heterocycles. The van der Waals surface area contributed by atoms with Crippen molar-refractivity contribution in [2.45, 2.75) is 17.1 Å². The van der Waals surface area contributed by atoms with E-state index in [2.05, 4.69) is 11.9 Å². The zero-order valence-corrected chi connectivity index (χ0v) is 12.7. The van der Waals surface area contributed by atoms with Gasteiger partial charge in [-0.3, -0.25) is 4.79 Å². The monoisotopic (exact) mass is 331 g/mol. The number of hydrogen-bond acceptors (Lipinski definition) is 4. The van der Waals surface area contributed by atoms with Crippen molar-refractivity contribution >= 4 is 33.3 Å². The Hall–Kier alpha value is -1.86. The van der Waals surface area contributed by atoms with Crippen molar-refractivity contribution in [2.24, 2.45) is 0 Å². The lowest BCUT2D eigenvalue weighted by atomic mass is 10.2. The number of nitrogens with one attached hydrogen (secondary N) is 1. The van der Waals surface area contributed by atoms with E-state index in [0.717, 1.165) is 18.2 Å². The van der Waals surface area contributed by atoms with E-state index in [0.29, 0.717) is 0 Å². The highest BCUT2D eigenvalue weighted by molar-refractivity contribution is 7.92. The minimum atomic E-state index is -3.96. The molecule has 114 valence electrons. The normalized spacial score (nSPS) is 12.5. The van der Waals surface area contributed by atoms with Crippen molar-refractivity contribution in [2.75, 3.05) is 6.54 Å². The number of benzene rings is 1. The molecular weight excluding hydrogens is 318 g/mol. The summed E-state index contributed by atoms with van der Waals surface area (Å²) in [5.74, 6) is -1.94.